The first kappa shape index (κ1) is 18.4. The van der Waals surface area contributed by atoms with Crippen LogP contribution in [0, 0.1) is 0 Å². The van der Waals surface area contributed by atoms with Crippen molar-refractivity contribution in [1.29, 1.82) is 0 Å². The van der Waals surface area contributed by atoms with Crippen molar-refractivity contribution in [3.05, 3.63) is 53.6 Å². The SMILES string of the molecule is COc1ccccc1N1CCN(C(=O)CCNc2cccc(Cl)c2)CC1. The van der Waals surface area contributed by atoms with E-state index in [1.165, 1.54) is 0 Å². The zero-order valence-corrected chi connectivity index (χ0v) is 15.7. The Morgan fingerprint density at radius 1 is 1.12 bits per heavy atom. The quantitative estimate of drug-likeness (QED) is 0.841. The van der Waals surface area contributed by atoms with Crippen LogP contribution in [-0.2, 0) is 4.79 Å². The summed E-state index contributed by atoms with van der Waals surface area (Å²) in [4.78, 5) is 16.6. The van der Waals surface area contributed by atoms with Gasteiger partial charge in [-0.25, -0.2) is 0 Å². The summed E-state index contributed by atoms with van der Waals surface area (Å²) >= 11 is 5.97. The molecule has 0 atom stereocenters. The number of halogens is 1. The Morgan fingerprint density at radius 2 is 1.88 bits per heavy atom. The Hall–Kier alpha value is -2.40. The van der Waals surface area contributed by atoms with E-state index in [2.05, 4.69) is 16.3 Å². The van der Waals surface area contributed by atoms with Crippen LogP contribution in [-0.4, -0.2) is 50.6 Å². The first-order valence-corrected chi connectivity index (χ1v) is 9.20. The topological polar surface area (TPSA) is 44.8 Å². The predicted molar refractivity (Wildman–Crippen MR) is 106 cm³/mol. The highest BCUT2D eigenvalue weighted by Crippen LogP contribution is 2.28. The highest BCUT2D eigenvalue weighted by molar-refractivity contribution is 6.30. The second-order valence-electron chi connectivity index (χ2n) is 6.23. The van der Waals surface area contributed by atoms with E-state index in [4.69, 9.17) is 16.3 Å². The van der Waals surface area contributed by atoms with Gasteiger partial charge in [0.1, 0.15) is 5.75 Å². The molecule has 0 radical (unpaired) electrons. The number of benzene rings is 2. The van der Waals surface area contributed by atoms with Gasteiger partial charge in [0.15, 0.2) is 0 Å². The molecule has 0 unspecified atom stereocenters. The molecule has 0 aromatic heterocycles. The van der Waals surface area contributed by atoms with Gasteiger partial charge in [-0.15, -0.1) is 0 Å². The molecule has 1 N–H and O–H groups in total. The first-order chi connectivity index (χ1) is 12.7. The fourth-order valence-electron chi connectivity index (χ4n) is 3.16. The number of para-hydroxylation sites is 2. The number of anilines is 2. The van der Waals surface area contributed by atoms with E-state index in [1.54, 1.807) is 7.11 Å². The molecular formula is C20H24ClN3O2. The van der Waals surface area contributed by atoms with E-state index in [9.17, 15) is 4.79 Å². The number of nitrogens with one attached hydrogen (secondary N) is 1. The van der Waals surface area contributed by atoms with E-state index in [-0.39, 0.29) is 5.91 Å². The van der Waals surface area contributed by atoms with Gasteiger partial charge in [-0.05, 0) is 30.3 Å². The number of piperazine rings is 1. The van der Waals surface area contributed by atoms with E-state index >= 15 is 0 Å². The number of carbonyl (C=O) groups is 1. The number of hydrogen-bond acceptors (Lipinski definition) is 4. The number of nitrogens with zero attached hydrogens (tertiary/aromatic N) is 2. The van der Waals surface area contributed by atoms with Crippen LogP contribution in [0.5, 0.6) is 5.75 Å². The summed E-state index contributed by atoms with van der Waals surface area (Å²) in [5, 5.41) is 3.93. The number of ether oxygens (including phenoxy) is 1. The second kappa shape index (κ2) is 8.81. The maximum absolute atomic E-state index is 12.4. The van der Waals surface area contributed by atoms with Crippen LogP contribution in [0.15, 0.2) is 48.5 Å². The molecule has 1 saturated heterocycles. The lowest BCUT2D eigenvalue weighted by Gasteiger charge is -2.36. The van der Waals surface area contributed by atoms with Crippen molar-refractivity contribution in [2.45, 2.75) is 6.42 Å². The van der Waals surface area contributed by atoms with Gasteiger partial charge in [-0.2, -0.15) is 0 Å². The van der Waals surface area contributed by atoms with Gasteiger partial charge in [0.2, 0.25) is 5.91 Å². The van der Waals surface area contributed by atoms with E-state index in [1.807, 2.05) is 47.4 Å². The lowest BCUT2D eigenvalue weighted by molar-refractivity contribution is -0.131. The maximum atomic E-state index is 12.4. The molecule has 138 valence electrons. The molecule has 2 aromatic rings. The number of rotatable bonds is 6. The van der Waals surface area contributed by atoms with Crippen molar-refractivity contribution in [2.75, 3.05) is 50.1 Å². The van der Waals surface area contributed by atoms with Crippen LogP contribution in [0.3, 0.4) is 0 Å². The lowest BCUT2D eigenvalue weighted by atomic mass is 10.2. The van der Waals surface area contributed by atoms with Crippen molar-refractivity contribution in [2.24, 2.45) is 0 Å². The summed E-state index contributed by atoms with van der Waals surface area (Å²) in [6, 6.07) is 15.5. The van der Waals surface area contributed by atoms with E-state index in [0.29, 0.717) is 18.0 Å². The largest absolute Gasteiger partial charge is 0.495 e. The normalized spacial score (nSPS) is 14.2. The van der Waals surface area contributed by atoms with Crippen molar-refractivity contribution in [1.82, 2.24) is 4.90 Å². The lowest BCUT2D eigenvalue weighted by Crippen LogP contribution is -2.49. The molecule has 0 spiro atoms. The van der Waals surface area contributed by atoms with Gasteiger partial charge in [0.25, 0.3) is 0 Å². The molecule has 0 saturated carbocycles. The third-order valence-electron chi connectivity index (χ3n) is 4.55. The molecule has 1 amide bonds. The summed E-state index contributed by atoms with van der Waals surface area (Å²) in [6.45, 7) is 3.69. The monoisotopic (exact) mass is 373 g/mol. The van der Waals surface area contributed by atoms with Gasteiger partial charge in [-0.3, -0.25) is 4.79 Å². The van der Waals surface area contributed by atoms with Crippen molar-refractivity contribution in [3.8, 4) is 5.75 Å². The molecule has 2 aromatic carbocycles. The van der Waals surface area contributed by atoms with Crippen molar-refractivity contribution >= 4 is 28.9 Å². The Morgan fingerprint density at radius 3 is 2.62 bits per heavy atom. The number of methoxy groups -OCH3 is 1. The second-order valence-corrected chi connectivity index (χ2v) is 6.66. The average Bonchev–Trinajstić information content (AvgIpc) is 2.68. The number of hydrogen-bond donors (Lipinski definition) is 1. The standard InChI is InChI=1S/C20H24ClN3O2/c1-26-19-8-3-2-7-18(19)23-11-13-24(14-12-23)20(25)9-10-22-17-6-4-5-16(21)15-17/h2-8,15,22H,9-14H2,1H3. The Bertz CT molecular complexity index is 745. The van der Waals surface area contributed by atoms with Crippen LogP contribution >= 0.6 is 11.6 Å². The zero-order valence-electron chi connectivity index (χ0n) is 15.0. The summed E-state index contributed by atoms with van der Waals surface area (Å²) in [6.07, 6.45) is 0.473. The van der Waals surface area contributed by atoms with Gasteiger partial charge in [0, 0.05) is 49.9 Å². The summed E-state index contributed by atoms with van der Waals surface area (Å²) in [5.74, 6) is 1.05. The molecule has 26 heavy (non-hydrogen) atoms. The van der Waals surface area contributed by atoms with Crippen molar-refractivity contribution < 1.29 is 9.53 Å². The molecular weight excluding hydrogens is 350 g/mol. The van der Waals surface area contributed by atoms with Crippen LogP contribution < -0.4 is 15.0 Å². The van der Waals surface area contributed by atoms with Crippen LogP contribution in [0.4, 0.5) is 11.4 Å². The molecule has 1 aliphatic heterocycles. The minimum Gasteiger partial charge on any atom is -0.495 e. The number of carbonyl (C=O) groups excluding carboxylic acids is 1. The van der Waals surface area contributed by atoms with E-state index in [0.717, 1.165) is 43.3 Å². The number of amides is 1. The highest BCUT2D eigenvalue weighted by Gasteiger charge is 2.22. The summed E-state index contributed by atoms with van der Waals surface area (Å²) in [5.41, 5.74) is 2.02. The van der Waals surface area contributed by atoms with Gasteiger partial charge in [0.05, 0.1) is 12.8 Å². The minimum absolute atomic E-state index is 0.180. The van der Waals surface area contributed by atoms with E-state index < -0.39 is 0 Å². The Balaban J connectivity index is 1.46. The van der Waals surface area contributed by atoms with Gasteiger partial charge in [-0.1, -0.05) is 29.8 Å². The molecule has 3 rings (SSSR count). The smallest absolute Gasteiger partial charge is 0.224 e. The molecule has 1 heterocycles. The zero-order chi connectivity index (χ0) is 18.4. The molecule has 0 aliphatic carbocycles. The van der Waals surface area contributed by atoms with Gasteiger partial charge >= 0.3 is 0 Å². The summed E-state index contributed by atoms with van der Waals surface area (Å²) in [7, 11) is 1.69. The average molecular weight is 374 g/mol. The predicted octanol–water partition coefficient (Wildman–Crippen LogP) is 3.50. The summed E-state index contributed by atoms with van der Waals surface area (Å²) < 4.78 is 5.44. The fraction of sp³-hybridized carbons (Fsp3) is 0.350. The Labute approximate surface area is 159 Å². The third kappa shape index (κ3) is 4.61. The molecule has 0 bridgehead atoms. The third-order valence-corrected chi connectivity index (χ3v) is 4.79. The van der Waals surface area contributed by atoms with Crippen LogP contribution in [0.25, 0.3) is 0 Å². The van der Waals surface area contributed by atoms with Gasteiger partial charge < -0.3 is 19.9 Å². The Kier molecular flexibility index (Phi) is 6.23. The minimum atomic E-state index is 0.180. The molecule has 6 heteroatoms. The fourth-order valence-corrected chi connectivity index (χ4v) is 3.35. The van der Waals surface area contributed by atoms with Crippen molar-refractivity contribution in [3.63, 3.8) is 0 Å². The molecule has 1 aliphatic rings. The molecule has 5 nitrogen and oxygen atoms in total. The highest BCUT2D eigenvalue weighted by atomic mass is 35.5. The van der Waals surface area contributed by atoms with Crippen LogP contribution in [0.2, 0.25) is 5.02 Å². The van der Waals surface area contributed by atoms with Crippen LogP contribution in [0.1, 0.15) is 6.42 Å². The maximum Gasteiger partial charge on any atom is 0.224 e. The molecule has 1 fully saturated rings. The first-order valence-electron chi connectivity index (χ1n) is 8.82.